The minimum absolute atomic E-state index is 0.0434. The highest BCUT2D eigenvalue weighted by Gasteiger charge is 2.40. The number of nitrogens with zero attached hydrogens (tertiary/aromatic N) is 4. The van der Waals surface area contributed by atoms with Crippen LogP contribution in [-0.2, 0) is 17.5 Å². The number of carbonyl (C=O) groups is 2. The number of hydrogen-bond donors (Lipinski definition) is 1. The number of hydrogen-bond acceptors (Lipinski definition) is 4. The molecule has 0 aliphatic carbocycles. The Bertz CT molecular complexity index is 1240. The molecule has 0 radical (unpaired) electrons. The van der Waals surface area contributed by atoms with Gasteiger partial charge in [0.15, 0.2) is 0 Å². The fourth-order valence-electron chi connectivity index (χ4n) is 3.37. The van der Waals surface area contributed by atoms with Crippen molar-refractivity contribution in [2.75, 3.05) is 18.4 Å². The number of fused-ring (bicyclic) bond motifs is 1. The first kappa shape index (κ1) is 22.9. The van der Waals surface area contributed by atoms with E-state index in [1.54, 1.807) is 0 Å². The lowest BCUT2D eigenvalue weighted by Gasteiger charge is -2.15. The number of likely N-dealkylation sites (tertiary alicyclic amines) is 1. The number of alkyl halides is 5. The number of pyridine rings is 1. The normalized spacial score (nSPS) is 15.8. The van der Waals surface area contributed by atoms with Gasteiger partial charge in [0.2, 0.25) is 5.91 Å². The number of amides is 2. The molecule has 2 aromatic heterocycles. The van der Waals surface area contributed by atoms with Crippen molar-refractivity contribution in [1.82, 2.24) is 19.7 Å². The van der Waals surface area contributed by atoms with Crippen LogP contribution in [0.1, 0.15) is 22.6 Å². The van der Waals surface area contributed by atoms with Gasteiger partial charge in [-0.15, -0.1) is 0 Å². The van der Waals surface area contributed by atoms with Crippen LogP contribution < -0.4 is 5.32 Å². The van der Waals surface area contributed by atoms with Gasteiger partial charge in [-0.2, -0.15) is 18.3 Å². The van der Waals surface area contributed by atoms with Crippen LogP contribution in [0.25, 0.3) is 10.9 Å². The summed E-state index contributed by atoms with van der Waals surface area (Å²) in [6, 6.07) is 5.77. The van der Waals surface area contributed by atoms with Crippen molar-refractivity contribution in [3.8, 4) is 0 Å². The van der Waals surface area contributed by atoms with E-state index in [9.17, 15) is 31.5 Å². The first-order valence-electron chi connectivity index (χ1n) is 9.59. The summed E-state index contributed by atoms with van der Waals surface area (Å²) in [6.07, 6.45) is -3.63. The fraction of sp³-hybridized carbons (Fsp3) is 0.300. The summed E-state index contributed by atoms with van der Waals surface area (Å²) in [4.78, 5) is 29.1. The molecule has 1 fully saturated rings. The van der Waals surface area contributed by atoms with E-state index in [-0.39, 0.29) is 30.2 Å². The SMILES string of the molecule is O=C(Nc1cc2cn(CC(=O)N3CCC(F)(F)C3)nc2cc1Cl)c1cccc(C(F)(F)F)n1. The molecular weight excluding hydrogens is 473 g/mol. The first-order valence-corrected chi connectivity index (χ1v) is 9.97. The van der Waals surface area contributed by atoms with E-state index in [2.05, 4.69) is 15.4 Å². The maximum absolute atomic E-state index is 13.3. The molecule has 33 heavy (non-hydrogen) atoms. The Morgan fingerprint density at radius 2 is 1.97 bits per heavy atom. The zero-order valence-corrected chi connectivity index (χ0v) is 17.4. The number of aromatic nitrogens is 3. The van der Waals surface area contributed by atoms with Crippen LogP contribution in [0.4, 0.5) is 27.6 Å². The highest BCUT2D eigenvalue weighted by Crippen LogP contribution is 2.30. The molecule has 1 aliphatic heterocycles. The average Bonchev–Trinajstić information content (AvgIpc) is 3.29. The van der Waals surface area contributed by atoms with E-state index in [0.29, 0.717) is 10.9 Å². The van der Waals surface area contributed by atoms with Gasteiger partial charge in [0.25, 0.3) is 11.8 Å². The van der Waals surface area contributed by atoms with Crippen LogP contribution in [-0.4, -0.2) is 50.5 Å². The molecule has 1 aromatic carbocycles. The number of carbonyl (C=O) groups excluding carboxylic acids is 2. The van der Waals surface area contributed by atoms with Crippen molar-refractivity contribution in [2.45, 2.75) is 25.1 Å². The summed E-state index contributed by atoms with van der Waals surface area (Å²) < 4.78 is 66.4. The molecule has 1 aliphatic rings. The smallest absolute Gasteiger partial charge is 0.335 e. The zero-order chi connectivity index (χ0) is 24.0. The van der Waals surface area contributed by atoms with E-state index in [1.807, 2.05) is 0 Å². The highest BCUT2D eigenvalue weighted by molar-refractivity contribution is 6.34. The molecule has 1 saturated heterocycles. The van der Waals surface area contributed by atoms with E-state index in [4.69, 9.17) is 11.6 Å². The second-order valence-corrected chi connectivity index (χ2v) is 7.91. The number of benzene rings is 1. The van der Waals surface area contributed by atoms with Crippen molar-refractivity contribution < 1.29 is 31.5 Å². The zero-order valence-electron chi connectivity index (χ0n) is 16.7. The van der Waals surface area contributed by atoms with Crippen LogP contribution >= 0.6 is 11.6 Å². The summed E-state index contributed by atoms with van der Waals surface area (Å²) in [5, 5.41) is 7.11. The predicted octanol–water partition coefficient (Wildman–Crippen LogP) is 4.22. The van der Waals surface area contributed by atoms with Crippen LogP contribution in [0.3, 0.4) is 0 Å². The van der Waals surface area contributed by atoms with Crippen molar-refractivity contribution in [3.05, 3.63) is 52.9 Å². The monoisotopic (exact) mass is 487 g/mol. The molecule has 0 bridgehead atoms. The molecule has 0 unspecified atom stereocenters. The maximum atomic E-state index is 13.3. The van der Waals surface area contributed by atoms with Crippen LogP contribution in [0, 0.1) is 0 Å². The highest BCUT2D eigenvalue weighted by atomic mass is 35.5. The van der Waals surface area contributed by atoms with Gasteiger partial charge in [-0.1, -0.05) is 17.7 Å². The number of anilines is 1. The Hall–Kier alpha value is -3.28. The molecule has 0 atom stereocenters. The van der Waals surface area contributed by atoms with Gasteiger partial charge in [0, 0.05) is 24.5 Å². The molecule has 0 spiro atoms. The third-order valence-electron chi connectivity index (χ3n) is 4.98. The Morgan fingerprint density at radius 1 is 1.21 bits per heavy atom. The van der Waals surface area contributed by atoms with Gasteiger partial charge in [0.05, 0.1) is 22.8 Å². The molecule has 174 valence electrons. The van der Waals surface area contributed by atoms with E-state index in [0.717, 1.165) is 23.1 Å². The van der Waals surface area contributed by atoms with E-state index < -0.39 is 41.8 Å². The lowest BCUT2D eigenvalue weighted by Crippen LogP contribution is -2.34. The Kier molecular flexibility index (Phi) is 5.72. The quantitative estimate of drug-likeness (QED) is 0.559. The van der Waals surface area contributed by atoms with Gasteiger partial charge in [-0.25, -0.2) is 13.8 Å². The number of nitrogens with one attached hydrogen (secondary N) is 1. The number of rotatable bonds is 4. The largest absolute Gasteiger partial charge is 0.433 e. The Labute approximate surface area is 188 Å². The minimum atomic E-state index is -4.70. The van der Waals surface area contributed by atoms with E-state index in [1.165, 1.54) is 23.0 Å². The summed E-state index contributed by atoms with van der Waals surface area (Å²) in [5.74, 6) is -4.32. The second kappa shape index (κ2) is 8.25. The molecule has 13 heteroatoms. The molecule has 2 amide bonds. The van der Waals surface area contributed by atoms with Gasteiger partial charge in [0.1, 0.15) is 17.9 Å². The van der Waals surface area contributed by atoms with Gasteiger partial charge < -0.3 is 10.2 Å². The topological polar surface area (TPSA) is 80.1 Å². The molecular formula is C20H15ClF5N5O2. The lowest BCUT2D eigenvalue weighted by atomic mass is 10.2. The molecule has 3 heterocycles. The minimum Gasteiger partial charge on any atom is -0.335 e. The maximum Gasteiger partial charge on any atom is 0.433 e. The lowest BCUT2D eigenvalue weighted by molar-refractivity contribution is -0.141. The van der Waals surface area contributed by atoms with Crippen molar-refractivity contribution >= 4 is 40.0 Å². The van der Waals surface area contributed by atoms with Gasteiger partial charge >= 0.3 is 6.18 Å². The van der Waals surface area contributed by atoms with Crippen LogP contribution in [0.2, 0.25) is 5.02 Å². The summed E-state index contributed by atoms with van der Waals surface area (Å²) in [5.41, 5.74) is -1.20. The molecule has 1 N–H and O–H groups in total. The standard InChI is InChI=1S/C20H15ClF5N5O2/c21-12-7-14-11(8-31(29-14)9-17(32)30-5-4-19(22,23)10-30)6-15(12)28-18(33)13-2-1-3-16(27-13)20(24,25)26/h1-3,6-8H,4-5,9-10H2,(H,28,33). The van der Waals surface area contributed by atoms with Crippen molar-refractivity contribution in [2.24, 2.45) is 0 Å². The predicted molar refractivity (Wildman–Crippen MR) is 108 cm³/mol. The second-order valence-electron chi connectivity index (χ2n) is 7.50. The number of halogens is 6. The summed E-state index contributed by atoms with van der Waals surface area (Å²) >= 11 is 6.17. The van der Waals surface area contributed by atoms with Crippen molar-refractivity contribution in [3.63, 3.8) is 0 Å². The first-order chi connectivity index (χ1) is 15.4. The summed E-state index contributed by atoms with van der Waals surface area (Å²) in [7, 11) is 0. The van der Waals surface area contributed by atoms with Gasteiger partial charge in [-0.3, -0.25) is 14.3 Å². The third-order valence-corrected chi connectivity index (χ3v) is 5.29. The Morgan fingerprint density at radius 3 is 2.64 bits per heavy atom. The van der Waals surface area contributed by atoms with Crippen LogP contribution in [0.5, 0.6) is 0 Å². The van der Waals surface area contributed by atoms with Crippen molar-refractivity contribution in [1.29, 1.82) is 0 Å². The molecule has 4 rings (SSSR count). The van der Waals surface area contributed by atoms with E-state index >= 15 is 0 Å². The Balaban J connectivity index is 1.51. The molecule has 7 nitrogen and oxygen atoms in total. The fourth-order valence-corrected chi connectivity index (χ4v) is 3.57. The average molecular weight is 488 g/mol. The summed E-state index contributed by atoms with van der Waals surface area (Å²) in [6.45, 7) is -0.950. The molecule has 0 saturated carbocycles. The third kappa shape index (κ3) is 5.05. The van der Waals surface area contributed by atoms with Crippen LogP contribution in [0.15, 0.2) is 36.5 Å². The molecule has 3 aromatic rings. The van der Waals surface area contributed by atoms with Gasteiger partial charge in [-0.05, 0) is 24.3 Å².